The maximum absolute atomic E-state index is 9.69. The van der Waals surface area contributed by atoms with Gasteiger partial charge in [0.1, 0.15) is 5.41 Å². The molecule has 0 aromatic heterocycles. The number of hydrogen-bond acceptors (Lipinski definition) is 3. The van der Waals surface area contributed by atoms with E-state index in [0.29, 0.717) is 0 Å². The lowest BCUT2D eigenvalue weighted by molar-refractivity contribution is -1.05. The Kier molecular flexibility index (Phi) is 2.45. The van der Waals surface area contributed by atoms with Gasteiger partial charge in [-0.25, -0.2) is 0 Å². The predicted octanol–water partition coefficient (Wildman–Crippen LogP) is -0.140. The molecule has 0 fully saturated rings. The van der Waals surface area contributed by atoms with Gasteiger partial charge < -0.3 is 5.26 Å². The summed E-state index contributed by atoms with van der Waals surface area (Å²) in [6.45, 7) is 5.03. The third kappa shape index (κ3) is 2.32. The predicted molar refractivity (Wildman–Crippen MR) is 28.2 cm³/mol. The zero-order chi connectivity index (χ0) is 7.49. The first kappa shape index (κ1) is 8.23. The Hall–Kier alpha value is -0.770. The summed E-state index contributed by atoms with van der Waals surface area (Å²) in [5.41, 5.74) is -0.573. The zero-order valence-electron chi connectivity index (χ0n) is 5.67. The standard InChI is InChI=1S/C5H10O4/c1-5(2,3)4(8-6)9-7/h6H,1-3H3. The van der Waals surface area contributed by atoms with Gasteiger partial charge in [0.2, 0.25) is 0 Å². The summed E-state index contributed by atoms with van der Waals surface area (Å²) in [7, 11) is 0. The number of rotatable bonds is 0. The van der Waals surface area contributed by atoms with Crippen LogP contribution in [0.5, 0.6) is 0 Å². The molecule has 0 saturated heterocycles. The lowest BCUT2D eigenvalue weighted by Gasteiger charge is -2.06. The Balaban J connectivity index is 4.14. The Bertz CT molecular complexity index is 111. The van der Waals surface area contributed by atoms with E-state index in [-0.39, 0.29) is 5.97 Å². The van der Waals surface area contributed by atoms with E-state index in [9.17, 15) is 5.26 Å². The molecular formula is C5H10O4. The molecule has 0 heterocycles. The van der Waals surface area contributed by atoms with E-state index >= 15 is 0 Å². The fourth-order valence-corrected chi connectivity index (χ4v) is 0.277. The van der Waals surface area contributed by atoms with Crippen molar-refractivity contribution >= 4 is 5.97 Å². The molecule has 0 aliphatic heterocycles. The average Bonchev–Trinajstić information content (AvgIpc) is 1.65. The van der Waals surface area contributed by atoms with Crippen molar-refractivity contribution in [2.24, 2.45) is 5.41 Å². The van der Waals surface area contributed by atoms with Crippen LogP contribution in [0.1, 0.15) is 20.8 Å². The summed E-state index contributed by atoms with van der Waals surface area (Å²) < 4.78 is 3.46. The van der Waals surface area contributed by atoms with Gasteiger partial charge in [0.25, 0.3) is 0 Å². The Morgan fingerprint density at radius 3 is 2.00 bits per heavy atom. The molecule has 0 aliphatic rings. The monoisotopic (exact) mass is 134 g/mol. The van der Waals surface area contributed by atoms with E-state index in [1.54, 1.807) is 20.8 Å². The lowest BCUT2D eigenvalue weighted by Crippen LogP contribution is -2.27. The third-order valence-electron chi connectivity index (χ3n) is 0.771. The summed E-state index contributed by atoms with van der Waals surface area (Å²) in [6.07, 6.45) is 0. The van der Waals surface area contributed by atoms with Crippen LogP contribution in [0, 0.1) is 5.41 Å². The van der Waals surface area contributed by atoms with Crippen LogP contribution in [-0.2, 0) is 9.46 Å². The molecule has 0 aromatic rings. The minimum atomic E-state index is -0.573. The van der Waals surface area contributed by atoms with E-state index < -0.39 is 5.41 Å². The van der Waals surface area contributed by atoms with Gasteiger partial charge in [-0.2, -0.15) is 0 Å². The molecule has 4 heteroatoms. The highest BCUT2D eigenvalue weighted by molar-refractivity contribution is 5.74. The van der Waals surface area contributed by atoms with Gasteiger partial charge in [-0.15, -0.1) is 4.89 Å². The average molecular weight is 134 g/mol. The fourth-order valence-electron chi connectivity index (χ4n) is 0.277. The molecule has 0 radical (unpaired) electrons. The van der Waals surface area contributed by atoms with Gasteiger partial charge in [-0.1, -0.05) is 5.26 Å². The summed E-state index contributed by atoms with van der Waals surface area (Å²) in [5.74, 6) is -0.331. The van der Waals surface area contributed by atoms with Crippen LogP contribution in [0.25, 0.3) is 0 Å². The number of carbonyl (C=O) groups excluding carboxylic acids is 1. The highest BCUT2D eigenvalue weighted by Crippen LogP contribution is 2.14. The summed E-state index contributed by atoms with van der Waals surface area (Å²) in [4.78, 5) is 3.65. The SMILES string of the molecule is CC(C)(C)C(OO)=[O+][O-]. The molecule has 0 saturated carbocycles. The summed E-state index contributed by atoms with van der Waals surface area (Å²) in [6, 6.07) is 0. The Morgan fingerprint density at radius 1 is 1.56 bits per heavy atom. The zero-order valence-corrected chi connectivity index (χ0v) is 5.67. The minimum absolute atomic E-state index is 0.331. The van der Waals surface area contributed by atoms with Gasteiger partial charge in [0, 0.05) is 0 Å². The molecule has 0 unspecified atom stereocenters. The van der Waals surface area contributed by atoms with Crippen molar-refractivity contribution in [1.82, 2.24) is 0 Å². The van der Waals surface area contributed by atoms with Gasteiger partial charge in [-0.05, 0) is 20.8 Å². The first-order valence-electron chi connectivity index (χ1n) is 2.51. The van der Waals surface area contributed by atoms with Crippen LogP contribution in [-0.4, -0.2) is 11.2 Å². The van der Waals surface area contributed by atoms with E-state index in [1.165, 1.54) is 0 Å². The number of hydrogen-bond donors (Lipinski definition) is 1. The largest absolute Gasteiger partial charge is 0.588 e. The molecule has 1 N–H and O–H groups in total. The summed E-state index contributed by atoms with van der Waals surface area (Å²) in [5, 5.41) is 17.7. The van der Waals surface area contributed by atoms with Crippen LogP contribution in [0.4, 0.5) is 0 Å². The maximum atomic E-state index is 9.69. The second-order valence-corrected chi connectivity index (χ2v) is 2.71. The normalized spacial score (nSPS) is 13.6. The topological polar surface area (TPSA) is 63.8 Å². The van der Waals surface area contributed by atoms with Crippen molar-refractivity contribution in [2.45, 2.75) is 20.8 Å². The van der Waals surface area contributed by atoms with Gasteiger partial charge in [0.05, 0.1) is 0 Å². The second kappa shape index (κ2) is 2.68. The van der Waals surface area contributed by atoms with Crippen molar-refractivity contribution in [3.8, 4) is 0 Å². The molecule has 0 spiro atoms. The molecule has 0 amide bonds. The highest BCUT2D eigenvalue weighted by Gasteiger charge is 2.33. The van der Waals surface area contributed by atoms with E-state index in [2.05, 4.69) is 9.46 Å². The van der Waals surface area contributed by atoms with Gasteiger partial charge in [-0.3, -0.25) is 4.58 Å². The van der Waals surface area contributed by atoms with Crippen molar-refractivity contribution in [2.75, 3.05) is 0 Å². The first-order valence-corrected chi connectivity index (χ1v) is 2.51. The molecule has 0 aliphatic carbocycles. The fraction of sp³-hybridized carbons (Fsp3) is 0.800. The molecule has 9 heavy (non-hydrogen) atoms. The molecule has 4 nitrogen and oxygen atoms in total. The van der Waals surface area contributed by atoms with E-state index in [1.807, 2.05) is 0 Å². The van der Waals surface area contributed by atoms with Gasteiger partial charge >= 0.3 is 5.97 Å². The summed E-state index contributed by atoms with van der Waals surface area (Å²) >= 11 is 0. The highest BCUT2D eigenvalue weighted by atomic mass is 17.2. The van der Waals surface area contributed by atoms with Crippen LogP contribution < -0.4 is 5.26 Å². The second-order valence-electron chi connectivity index (χ2n) is 2.71. The molecule has 0 atom stereocenters. The maximum Gasteiger partial charge on any atom is 0.547 e. The Labute approximate surface area is 53.2 Å². The molecule has 54 valence electrons. The molecule has 0 bridgehead atoms. The first-order chi connectivity index (χ1) is 4.02. The quantitative estimate of drug-likeness (QED) is 0.285. The molecule has 0 aromatic carbocycles. The minimum Gasteiger partial charge on any atom is -0.588 e. The van der Waals surface area contributed by atoms with Crippen LogP contribution in [0.15, 0.2) is 0 Å². The van der Waals surface area contributed by atoms with E-state index in [4.69, 9.17) is 5.26 Å². The third-order valence-corrected chi connectivity index (χ3v) is 0.771. The smallest absolute Gasteiger partial charge is 0.547 e. The Morgan fingerprint density at radius 2 is 2.00 bits per heavy atom. The van der Waals surface area contributed by atoms with Crippen molar-refractivity contribution < 1.29 is 20.0 Å². The van der Waals surface area contributed by atoms with Crippen molar-refractivity contribution in [3.05, 3.63) is 0 Å². The van der Waals surface area contributed by atoms with Gasteiger partial charge in [0.15, 0.2) is 0 Å². The van der Waals surface area contributed by atoms with Crippen LogP contribution in [0.3, 0.4) is 0 Å². The van der Waals surface area contributed by atoms with E-state index in [0.717, 1.165) is 0 Å². The van der Waals surface area contributed by atoms with Crippen LogP contribution in [0.2, 0.25) is 0 Å². The lowest BCUT2D eigenvalue weighted by atomic mass is 9.98. The molecular weight excluding hydrogens is 124 g/mol. The molecule has 0 rings (SSSR count). The van der Waals surface area contributed by atoms with Crippen molar-refractivity contribution in [3.63, 3.8) is 0 Å². The van der Waals surface area contributed by atoms with Crippen molar-refractivity contribution in [1.29, 1.82) is 0 Å². The van der Waals surface area contributed by atoms with Crippen LogP contribution >= 0.6 is 0 Å².